The minimum absolute atomic E-state index is 0.184. The van der Waals surface area contributed by atoms with E-state index in [0.29, 0.717) is 19.2 Å². The zero-order chi connectivity index (χ0) is 13.0. The Morgan fingerprint density at radius 2 is 2.28 bits per heavy atom. The highest BCUT2D eigenvalue weighted by molar-refractivity contribution is 7.09. The SMILES string of the molecule is CCCc1nsc(N(CC(=O)OCC)C2CC2)n1. The number of rotatable bonds is 7. The first-order valence-corrected chi connectivity index (χ1v) is 7.26. The third-order valence-electron chi connectivity index (χ3n) is 2.77. The molecule has 1 aromatic rings. The van der Waals surface area contributed by atoms with Crippen molar-refractivity contribution in [2.24, 2.45) is 0 Å². The van der Waals surface area contributed by atoms with Gasteiger partial charge in [-0.25, -0.2) is 4.98 Å². The second kappa shape index (κ2) is 6.13. The van der Waals surface area contributed by atoms with Crippen LogP contribution in [0.1, 0.15) is 38.9 Å². The Kier molecular flexibility index (Phi) is 4.52. The summed E-state index contributed by atoms with van der Waals surface area (Å²) in [4.78, 5) is 18.1. The molecule has 1 saturated carbocycles. The molecule has 0 unspecified atom stereocenters. The lowest BCUT2D eigenvalue weighted by Gasteiger charge is -2.19. The van der Waals surface area contributed by atoms with Crippen molar-refractivity contribution >= 4 is 22.6 Å². The van der Waals surface area contributed by atoms with E-state index in [1.54, 1.807) is 0 Å². The highest BCUT2D eigenvalue weighted by Gasteiger charge is 2.33. The van der Waals surface area contributed by atoms with Gasteiger partial charge in [0.15, 0.2) is 0 Å². The monoisotopic (exact) mass is 269 g/mol. The van der Waals surface area contributed by atoms with Crippen LogP contribution in [0.4, 0.5) is 5.13 Å². The highest BCUT2D eigenvalue weighted by Crippen LogP contribution is 2.32. The summed E-state index contributed by atoms with van der Waals surface area (Å²) in [6, 6.07) is 0.442. The van der Waals surface area contributed by atoms with Gasteiger partial charge in [-0.3, -0.25) is 4.79 Å². The maximum Gasteiger partial charge on any atom is 0.325 e. The average molecular weight is 269 g/mol. The molecule has 0 radical (unpaired) electrons. The number of anilines is 1. The minimum atomic E-state index is -0.184. The predicted molar refractivity (Wildman–Crippen MR) is 70.9 cm³/mol. The molecule has 0 saturated heterocycles. The van der Waals surface area contributed by atoms with Crippen LogP contribution in [0.3, 0.4) is 0 Å². The zero-order valence-corrected chi connectivity index (χ0v) is 11.7. The van der Waals surface area contributed by atoms with Crippen molar-refractivity contribution in [3.05, 3.63) is 5.82 Å². The largest absolute Gasteiger partial charge is 0.465 e. The number of nitrogens with zero attached hydrogens (tertiary/aromatic N) is 3. The number of carbonyl (C=O) groups excluding carboxylic acids is 1. The fourth-order valence-corrected chi connectivity index (χ4v) is 2.56. The van der Waals surface area contributed by atoms with Gasteiger partial charge in [-0.05, 0) is 26.2 Å². The minimum Gasteiger partial charge on any atom is -0.465 e. The van der Waals surface area contributed by atoms with Crippen LogP contribution in [0.2, 0.25) is 0 Å². The summed E-state index contributed by atoms with van der Waals surface area (Å²) in [5, 5.41) is 0.856. The molecular weight excluding hydrogens is 250 g/mol. The molecule has 0 spiro atoms. The molecule has 0 aliphatic heterocycles. The van der Waals surface area contributed by atoms with E-state index in [9.17, 15) is 4.79 Å². The summed E-state index contributed by atoms with van der Waals surface area (Å²) in [6.07, 6.45) is 4.19. The molecule has 2 rings (SSSR count). The molecule has 0 N–H and O–H groups in total. The Balaban J connectivity index is 2.01. The second-order valence-corrected chi connectivity index (χ2v) is 5.14. The molecule has 6 heteroatoms. The number of esters is 1. The van der Waals surface area contributed by atoms with E-state index in [1.807, 2.05) is 11.8 Å². The topological polar surface area (TPSA) is 55.3 Å². The molecule has 18 heavy (non-hydrogen) atoms. The van der Waals surface area contributed by atoms with Gasteiger partial charge in [0, 0.05) is 24.0 Å². The number of hydrogen-bond acceptors (Lipinski definition) is 6. The van der Waals surface area contributed by atoms with Gasteiger partial charge in [-0.15, -0.1) is 0 Å². The van der Waals surface area contributed by atoms with Crippen LogP contribution in [0.25, 0.3) is 0 Å². The lowest BCUT2D eigenvalue weighted by molar-refractivity contribution is -0.141. The Hall–Kier alpha value is -1.17. The summed E-state index contributed by atoms with van der Waals surface area (Å²) in [5.41, 5.74) is 0. The molecule has 100 valence electrons. The lowest BCUT2D eigenvalue weighted by Crippen LogP contribution is -2.32. The van der Waals surface area contributed by atoms with E-state index >= 15 is 0 Å². The first kappa shape index (κ1) is 13.3. The van der Waals surface area contributed by atoms with Crippen LogP contribution >= 0.6 is 11.5 Å². The molecule has 1 aliphatic rings. The number of ether oxygens (including phenoxy) is 1. The molecule has 0 atom stereocenters. The molecule has 5 nitrogen and oxygen atoms in total. The molecule has 0 bridgehead atoms. The van der Waals surface area contributed by atoms with E-state index in [1.165, 1.54) is 11.5 Å². The lowest BCUT2D eigenvalue weighted by atomic mass is 10.3. The van der Waals surface area contributed by atoms with Gasteiger partial charge in [-0.1, -0.05) is 6.92 Å². The first-order valence-electron chi connectivity index (χ1n) is 6.49. The van der Waals surface area contributed by atoms with Crippen molar-refractivity contribution in [3.63, 3.8) is 0 Å². The van der Waals surface area contributed by atoms with Gasteiger partial charge in [0.25, 0.3) is 0 Å². The fourth-order valence-electron chi connectivity index (χ4n) is 1.77. The van der Waals surface area contributed by atoms with Crippen LogP contribution in [0.5, 0.6) is 0 Å². The number of carbonyl (C=O) groups is 1. The smallest absolute Gasteiger partial charge is 0.325 e. The van der Waals surface area contributed by atoms with Crippen molar-refractivity contribution in [1.82, 2.24) is 9.36 Å². The Morgan fingerprint density at radius 1 is 1.50 bits per heavy atom. The normalized spacial score (nSPS) is 14.6. The van der Waals surface area contributed by atoms with E-state index in [0.717, 1.165) is 36.6 Å². The molecular formula is C12H19N3O2S. The first-order chi connectivity index (χ1) is 8.74. The molecule has 1 heterocycles. The third-order valence-corrected chi connectivity index (χ3v) is 3.56. The quantitative estimate of drug-likeness (QED) is 0.709. The maximum atomic E-state index is 11.6. The molecule has 0 aromatic carbocycles. The van der Waals surface area contributed by atoms with Gasteiger partial charge < -0.3 is 9.64 Å². The number of aryl methyl sites for hydroxylation is 1. The number of hydrogen-bond donors (Lipinski definition) is 0. The molecule has 1 aliphatic carbocycles. The van der Waals surface area contributed by atoms with Crippen LogP contribution in [-0.4, -0.2) is 34.5 Å². The van der Waals surface area contributed by atoms with E-state index in [-0.39, 0.29) is 5.97 Å². The maximum absolute atomic E-state index is 11.6. The molecule has 1 fully saturated rings. The van der Waals surface area contributed by atoms with Gasteiger partial charge in [0.2, 0.25) is 5.13 Å². The van der Waals surface area contributed by atoms with Crippen LogP contribution in [0, 0.1) is 0 Å². The predicted octanol–water partition coefficient (Wildman–Crippen LogP) is 2.02. The van der Waals surface area contributed by atoms with Crippen LogP contribution < -0.4 is 4.90 Å². The Labute approximate surface area is 111 Å². The summed E-state index contributed by atoms with van der Waals surface area (Å²) >= 11 is 1.38. The summed E-state index contributed by atoms with van der Waals surface area (Å²) in [6.45, 7) is 4.65. The van der Waals surface area contributed by atoms with Crippen LogP contribution in [0.15, 0.2) is 0 Å². The third kappa shape index (κ3) is 3.41. The summed E-state index contributed by atoms with van der Waals surface area (Å²) in [7, 11) is 0. The van der Waals surface area contributed by atoms with E-state index < -0.39 is 0 Å². The van der Waals surface area contributed by atoms with E-state index in [2.05, 4.69) is 16.3 Å². The van der Waals surface area contributed by atoms with Gasteiger partial charge in [0.1, 0.15) is 12.4 Å². The van der Waals surface area contributed by atoms with Gasteiger partial charge in [-0.2, -0.15) is 4.37 Å². The van der Waals surface area contributed by atoms with Crippen molar-refractivity contribution in [2.45, 2.75) is 45.6 Å². The van der Waals surface area contributed by atoms with Crippen molar-refractivity contribution < 1.29 is 9.53 Å². The van der Waals surface area contributed by atoms with Gasteiger partial charge in [0.05, 0.1) is 6.61 Å². The van der Waals surface area contributed by atoms with Crippen molar-refractivity contribution in [3.8, 4) is 0 Å². The highest BCUT2D eigenvalue weighted by atomic mass is 32.1. The van der Waals surface area contributed by atoms with Crippen molar-refractivity contribution in [2.75, 3.05) is 18.1 Å². The van der Waals surface area contributed by atoms with Crippen molar-refractivity contribution in [1.29, 1.82) is 0 Å². The molecule has 1 aromatic heterocycles. The van der Waals surface area contributed by atoms with Gasteiger partial charge >= 0.3 is 5.97 Å². The zero-order valence-electron chi connectivity index (χ0n) is 10.9. The van der Waals surface area contributed by atoms with E-state index in [4.69, 9.17) is 4.74 Å². The Bertz CT molecular complexity index is 404. The molecule has 0 amide bonds. The number of aromatic nitrogens is 2. The summed E-state index contributed by atoms with van der Waals surface area (Å²) < 4.78 is 9.33. The summed E-state index contributed by atoms with van der Waals surface area (Å²) in [5.74, 6) is 0.698. The Morgan fingerprint density at radius 3 is 2.89 bits per heavy atom. The standard InChI is InChI=1S/C12H19N3O2S/c1-3-5-10-13-12(18-14-10)15(9-6-7-9)8-11(16)17-4-2/h9H,3-8H2,1-2H3. The average Bonchev–Trinajstić information content (AvgIpc) is 3.07. The van der Waals surface area contributed by atoms with Crippen LogP contribution in [-0.2, 0) is 16.0 Å². The fraction of sp³-hybridized carbons (Fsp3) is 0.750. The second-order valence-electron chi connectivity index (χ2n) is 4.41.